The fraction of sp³-hybridized carbons (Fsp3) is 0.281. The van der Waals surface area contributed by atoms with Gasteiger partial charge in [0.15, 0.2) is 0 Å². The first-order valence-electron chi connectivity index (χ1n) is 12.9. The fourth-order valence-electron chi connectivity index (χ4n) is 5.63. The Kier molecular flexibility index (Phi) is 7.73. The van der Waals surface area contributed by atoms with Gasteiger partial charge in [-0.15, -0.1) is 0 Å². The van der Waals surface area contributed by atoms with Crippen molar-refractivity contribution in [2.75, 3.05) is 6.61 Å². The van der Waals surface area contributed by atoms with Crippen LogP contribution in [0.4, 0.5) is 8.78 Å². The number of halogens is 2. The summed E-state index contributed by atoms with van der Waals surface area (Å²) in [6, 6.07) is 29.5. The lowest BCUT2D eigenvalue weighted by molar-refractivity contribution is -0.119. The van der Waals surface area contributed by atoms with Crippen molar-refractivity contribution in [3.63, 3.8) is 0 Å². The van der Waals surface area contributed by atoms with Crippen LogP contribution in [-0.4, -0.2) is 24.5 Å². The van der Waals surface area contributed by atoms with Crippen LogP contribution in [-0.2, 0) is 15.1 Å². The van der Waals surface area contributed by atoms with Crippen molar-refractivity contribution < 1.29 is 18.3 Å². The third kappa shape index (κ3) is 5.34. The third-order valence-corrected chi connectivity index (χ3v) is 7.38. The zero-order chi connectivity index (χ0) is 25.7. The van der Waals surface area contributed by atoms with E-state index >= 15 is 4.39 Å². The monoisotopic (exact) mass is 499 g/mol. The average molecular weight is 500 g/mol. The van der Waals surface area contributed by atoms with E-state index in [1.54, 1.807) is 0 Å². The van der Waals surface area contributed by atoms with E-state index in [1.807, 2.05) is 54.6 Å². The van der Waals surface area contributed by atoms with Gasteiger partial charge in [0.2, 0.25) is 0 Å². The number of ketones is 1. The molecule has 0 bridgehead atoms. The molecule has 1 heterocycles. The summed E-state index contributed by atoms with van der Waals surface area (Å²) < 4.78 is 36.1. The van der Waals surface area contributed by atoms with Crippen molar-refractivity contribution in [1.29, 1.82) is 0 Å². The highest BCUT2D eigenvalue weighted by atomic mass is 19.1. The number of benzene rings is 3. The summed E-state index contributed by atoms with van der Waals surface area (Å²) in [5.74, 6) is -1.52. The molecule has 5 heteroatoms. The molecule has 1 fully saturated rings. The molecule has 0 spiro atoms. The van der Waals surface area contributed by atoms with Crippen LogP contribution in [0.15, 0.2) is 115 Å². The first-order valence-corrected chi connectivity index (χ1v) is 12.9. The number of allylic oxidation sites excluding steroid dienone is 3. The van der Waals surface area contributed by atoms with E-state index in [1.165, 1.54) is 12.2 Å². The summed E-state index contributed by atoms with van der Waals surface area (Å²) in [5, 5.41) is 3.81. The molecule has 1 N–H and O–H groups in total. The molecule has 0 radical (unpaired) electrons. The maximum atomic E-state index is 15.3. The number of rotatable bonds is 6. The minimum Gasteiger partial charge on any atom is -0.375 e. The summed E-state index contributed by atoms with van der Waals surface area (Å²) in [7, 11) is 0. The fourth-order valence-corrected chi connectivity index (χ4v) is 5.63. The van der Waals surface area contributed by atoms with E-state index in [0.29, 0.717) is 0 Å². The van der Waals surface area contributed by atoms with E-state index in [-0.39, 0.29) is 49.7 Å². The molecule has 5 rings (SSSR count). The first-order chi connectivity index (χ1) is 18.1. The molecule has 0 saturated carbocycles. The number of carbonyl (C=O) groups is 1. The van der Waals surface area contributed by atoms with E-state index in [4.69, 9.17) is 4.74 Å². The minimum atomic E-state index is -0.861. The Morgan fingerprint density at radius 3 is 1.84 bits per heavy atom. The van der Waals surface area contributed by atoms with E-state index in [2.05, 4.69) is 41.7 Å². The van der Waals surface area contributed by atoms with Gasteiger partial charge in [0, 0.05) is 31.2 Å². The maximum Gasteiger partial charge on any atom is 0.136 e. The lowest BCUT2D eigenvalue weighted by Gasteiger charge is -2.43. The molecule has 3 unspecified atom stereocenters. The van der Waals surface area contributed by atoms with Gasteiger partial charge >= 0.3 is 0 Å². The van der Waals surface area contributed by atoms with Crippen LogP contribution in [0.25, 0.3) is 0 Å². The quantitative estimate of drug-likeness (QED) is 0.379. The van der Waals surface area contributed by atoms with Crippen molar-refractivity contribution in [1.82, 2.24) is 5.32 Å². The summed E-state index contributed by atoms with van der Waals surface area (Å²) in [4.78, 5) is 12.9. The van der Waals surface area contributed by atoms with E-state index in [9.17, 15) is 9.18 Å². The molecule has 1 saturated heterocycles. The highest BCUT2D eigenvalue weighted by Gasteiger charge is 2.44. The number of nitrogens with one attached hydrogen (secondary N) is 1. The number of carbonyl (C=O) groups excluding carboxylic acids is 1. The molecule has 3 aromatic rings. The molecule has 37 heavy (non-hydrogen) atoms. The van der Waals surface area contributed by atoms with Gasteiger partial charge < -0.3 is 4.74 Å². The molecular weight excluding hydrogens is 468 g/mol. The smallest absolute Gasteiger partial charge is 0.136 e. The van der Waals surface area contributed by atoms with Gasteiger partial charge in [-0.05, 0) is 35.3 Å². The van der Waals surface area contributed by atoms with E-state index < -0.39 is 23.6 Å². The molecule has 190 valence electrons. The van der Waals surface area contributed by atoms with Gasteiger partial charge in [0.05, 0.1) is 24.1 Å². The molecule has 0 amide bonds. The molecule has 2 aliphatic rings. The van der Waals surface area contributed by atoms with E-state index in [0.717, 1.165) is 16.7 Å². The van der Waals surface area contributed by atoms with Gasteiger partial charge in [-0.1, -0.05) is 91.0 Å². The number of Topliss-reactive ketones (excluding diaryl/α,β-unsaturated/α-hetero) is 1. The van der Waals surface area contributed by atoms with Crippen molar-refractivity contribution in [3.8, 4) is 0 Å². The Bertz CT molecular complexity index is 1160. The predicted octanol–water partition coefficient (Wildman–Crippen LogP) is 6.80. The van der Waals surface area contributed by atoms with Gasteiger partial charge in [-0.25, -0.2) is 8.78 Å². The standard InChI is InChI=1S/C32H31F2NO2/c33-26-17-10-18-29(34)28(21-26)31-30(22-27(36)19-20-37-31)35-32(23-11-4-1-5-12-23,24-13-6-2-7-14-24)25-15-8-3-9-16-25/h1-9,11-18,28,30-31,35H,10,19-22H2. The Morgan fingerprint density at radius 2 is 1.30 bits per heavy atom. The normalized spacial score (nSPS) is 23.0. The lowest BCUT2D eigenvalue weighted by Crippen LogP contribution is -2.56. The summed E-state index contributed by atoms with van der Waals surface area (Å²) in [5.41, 5.74) is 2.07. The topological polar surface area (TPSA) is 38.3 Å². The van der Waals surface area contributed by atoms with Crippen LogP contribution in [0.5, 0.6) is 0 Å². The number of ether oxygens (including phenoxy) is 1. The van der Waals surface area contributed by atoms with Crippen molar-refractivity contribution in [3.05, 3.63) is 131 Å². The number of hydrogen-bond donors (Lipinski definition) is 1. The molecule has 3 aromatic carbocycles. The van der Waals surface area contributed by atoms with Gasteiger partial charge in [0.25, 0.3) is 0 Å². The van der Waals surface area contributed by atoms with Crippen LogP contribution in [0, 0.1) is 5.92 Å². The molecule has 3 nitrogen and oxygen atoms in total. The van der Waals surface area contributed by atoms with Crippen LogP contribution in [0.3, 0.4) is 0 Å². The molecule has 1 aliphatic heterocycles. The zero-order valence-electron chi connectivity index (χ0n) is 20.7. The second kappa shape index (κ2) is 11.3. The van der Waals surface area contributed by atoms with Crippen LogP contribution in [0.2, 0.25) is 0 Å². The van der Waals surface area contributed by atoms with Crippen LogP contribution < -0.4 is 5.32 Å². The number of hydrogen-bond acceptors (Lipinski definition) is 3. The van der Waals surface area contributed by atoms with Gasteiger partial charge in [-0.3, -0.25) is 10.1 Å². The summed E-state index contributed by atoms with van der Waals surface area (Å²) in [6.07, 6.45) is 2.63. The molecule has 3 atom stereocenters. The van der Waals surface area contributed by atoms with Gasteiger partial charge in [0.1, 0.15) is 11.6 Å². The Hall–Kier alpha value is -3.41. The lowest BCUT2D eigenvalue weighted by atomic mass is 9.75. The minimum absolute atomic E-state index is 0.0390. The first kappa shape index (κ1) is 25.2. The van der Waals surface area contributed by atoms with Crippen LogP contribution in [0.1, 0.15) is 42.4 Å². The Balaban J connectivity index is 1.68. The summed E-state index contributed by atoms with van der Waals surface area (Å²) in [6.45, 7) is 0.186. The SMILES string of the molecule is O=C1CCOC(C2CC(F)=CCC=C2F)C(NC(c2ccccc2)(c2ccccc2)c2ccccc2)C1. The third-order valence-electron chi connectivity index (χ3n) is 7.38. The van der Waals surface area contributed by atoms with Gasteiger partial charge in [-0.2, -0.15) is 0 Å². The average Bonchev–Trinajstić information content (AvgIpc) is 3.22. The maximum absolute atomic E-state index is 15.3. The zero-order valence-corrected chi connectivity index (χ0v) is 20.7. The van der Waals surface area contributed by atoms with Crippen LogP contribution >= 0.6 is 0 Å². The van der Waals surface area contributed by atoms with Crippen molar-refractivity contribution in [2.45, 2.75) is 43.4 Å². The van der Waals surface area contributed by atoms with Crippen molar-refractivity contribution >= 4 is 5.78 Å². The Morgan fingerprint density at radius 1 is 0.757 bits per heavy atom. The second-order valence-corrected chi connectivity index (χ2v) is 9.71. The molecule has 1 aliphatic carbocycles. The Labute approximate surface area is 216 Å². The predicted molar refractivity (Wildman–Crippen MR) is 141 cm³/mol. The van der Waals surface area contributed by atoms with Crippen molar-refractivity contribution in [2.24, 2.45) is 5.92 Å². The highest BCUT2D eigenvalue weighted by molar-refractivity contribution is 5.79. The molecular formula is C32H31F2NO2. The second-order valence-electron chi connectivity index (χ2n) is 9.71. The highest BCUT2D eigenvalue weighted by Crippen LogP contribution is 2.40. The molecule has 0 aromatic heterocycles. The largest absolute Gasteiger partial charge is 0.375 e. The summed E-state index contributed by atoms with van der Waals surface area (Å²) >= 11 is 0.